The fourth-order valence-corrected chi connectivity index (χ4v) is 6.20. The van der Waals surface area contributed by atoms with Crippen molar-refractivity contribution >= 4 is 26.5 Å². The van der Waals surface area contributed by atoms with Crippen LogP contribution in [-0.4, -0.2) is 75.4 Å². The number of carboxylic acids is 1. The average Bonchev–Trinajstić information content (AvgIpc) is 2.80. The Kier molecular flexibility index (Phi) is 13.9. The van der Waals surface area contributed by atoms with Gasteiger partial charge in [-0.1, -0.05) is 0 Å². The Balaban J connectivity index is 2.59. The number of hydrogen-bond acceptors (Lipinski definition) is 9. The molecule has 0 saturated heterocycles. The van der Waals surface area contributed by atoms with Gasteiger partial charge in [0.25, 0.3) is 0 Å². The fraction of sp³-hybridized carbons (Fsp3) is 0.640. The van der Waals surface area contributed by atoms with Crippen molar-refractivity contribution in [1.82, 2.24) is 0 Å². The van der Waals surface area contributed by atoms with Gasteiger partial charge in [-0.3, -0.25) is 14.4 Å². The third kappa shape index (κ3) is 11.2. The number of esters is 1. The highest BCUT2D eigenvalue weighted by Gasteiger charge is 2.40. The highest BCUT2D eigenvalue weighted by Crippen LogP contribution is 2.23. The van der Waals surface area contributed by atoms with E-state index in [0.29, 0.717) is 50.0 Å². The van der Waals surface area contributed by atoms with Gasteiger partial charge in [-0.15, -0.1) is 0 Å². The van der Waals surface area contributed by atoms with Gasteiger partial charge in [0.2, 0.25) is 0 Å². The predicted molar refractivity (Wildman–Crippen MR) is 134 cm³/mol. The zero-order chi connectivity index (χ0) is 27.2. The van der Waals surface area contributed by atoms with E-state index in [1.54, 1.807) is 24.3 Å². The maximum atomic E-state index is 12.6. The van der Waals surface area contributed by atoms with E-state index in [0.717, 1.165) is 0 Å². The van der Waals surface area contributed by atoms with Crippen LogP contribution in [0.1, 0.15) is 64.2 Å². The van der Waals surface area contributed by atoms with E-state index in [-0.39, 0.29) is 19.6 Å². The minimum Gasteiger partial charge on any atom is -0.490 e. The average molecular weight is 529 g/mol. The molecule has 36 heavy (non-hydrogen) atoms. The highest BCUT2D eigenvalue weighted by atomic mass is 28.4. The lowest BCUT2D eigenvalue weighted by molar-refractivity contribution is -0.154. The minimum absolute atomic E-state index is 0.0549. The van der Waals surface area contributed by atoms with Gasteiger partial charge in [0.15, 0.2) is 5.78 Å². The van der Waals surface area contributed by atoms with Crippen molar-refractivity contribution in [3.8, 4) is 5.75 Å². The monoisotopic (exact) mass is 528 g/mol. The number of benzene rings is 1. The first-order valence-corrected chi connectivity index (χ1v) is 14.2. The molecule has 1 atom stereocenters. The summed E-state index contributed by atoms with van der Waals surface area (Å²) in [6.45, 7) is 9.71. The second kappa shape index (κ2) is 15.7. The van der Waals surface area contributed by atoms with Crippen LogP contribution in [0.2, 0.25) is 6.04 Å². The van der Waals surface area contributed by atoms with Crippen LogP contribution in [-0.2, 0) is 27.6 Å². The molecular formula is C25H40O10Si. The summed E-state index contributed by atoms with van der Waals surface area (Å²) in [7, 11) is -2.88. The Morgan fingerprint density at radius 3 is 1.97 bits per heavy atom. The molecule has 0 saturated carbocycles. The maximum absolute atomic E-state index is 12.6. The molecule has 10 nitrogen and oxygen atoms in total. The summed E-state index contributed by atoms with van der Waals surface area (Å²) in [6.07, 6.45) is 0.443. The van der Waals surface area contributed by atoms with Crippen LogP contribution in [0.15, 0.2) is 24.3 Å². The number of rotatable bonds is 19. The van der Waals surface area contributed by atoms with E-state index in [1.165, 1.54) is 13.8 Å². The molecule has 0 aliphatic rings. The molecule has 2 N–H and O–H groups in total. The molecule has 0 aliphatic heterocycles. The first-order valence-electron chi connectivity index (χ1n) is 12.3. The molecule has 0 heterocycles. The van der Waals surface area contributed by atoms with Gasteiger partial charge in [0.1, 0.15) is 24.6 Å². The van der Waals surface area contributed by atoms with Crippen LogP contribution in [0.3, 0.4) is 0 Å². The Bertz CT molecular complexity index is 802. The number of Topliss-reactive ketones (excluding diaryl/α,β-unsaturated/α-hetero) is 1. The van der Waals surface area contributed by atoms with E-state index in [2.05, 4.69) is 0 Å². The number of aliphatic carboxylic acids is 1. The van der Waals surface area contributed by atoms with Crippen LogP contribution in [0.5, 0.6) is 5.75 Å². The van der Waals surface area contributed by atoms with Gasteiger partial charge in [-0.05, 0) is 71.7 Å². The lowest BCUT2D eigenvalue weighted by Gasteiger charge is -2.28. The minimum atomic E-state index is -2.88. The van der Waals surface area contributed by atoms with Gasteiger partial charge in [-0.2, -0.15) is 0 Å². The molecule has 204 valence electrons. The zero-order valence-corrected chi connectivity index (χ0v) is 22.9. The van der Waals surface area contributed by atoms with E-state index in [9.17, 15) is 24.6 Å². The number of carbonyl (C=O) groups excluding carboxylic acids is 2. The molecule has 0 radical (unpaired) electrons. The quantitative estimate of drug-likeness (QED) is 0.119. The fourth-order valence-electron chi connectivity index (χ4n) is 3.56. The van der Waals surface area contributed by atoms with Gasteiger partial charge in [0, 0.05) is 31.4 Å². The van der Waals surface area contributed by atoms with Crippen molar-refractivity contribution in [1.29, 1.82) is 0 Å². The molecule has 11 heteroatoms. The van der Waals surface area contributed by atoms with Crippen LogP contribution in [0, 0.1) is 5.92 Å². The van der Waals surface area contributed by atoms with Gasteiger partial charge < -0.3 is 33.0 Å². The Morgan fingerprint density at radius 2 is 1.50 bits per heavy atom. The normalized spacial score (nSPS) is 12.7. The lowest BCUT2D eigenvalue weighted by atomic mass is 9.97. The summed E-state index contributed by atoms with van der Waals surface area (Å²) < 4.78 is 28.2. The van der Waals surface area contributed by atoms with E-state index >= 15 is 0 Å². The molecule has 0 spiro atoms. The summed E-state index contributed by atoms with van der Waals surface area (Å²) in [6, 6.07) is 6.72. The Morgan fingerprint density at radius 1 is 0.944 bits per heavy atom. The second-order valence-electron chi connectivity index (χ2n) is 8.60. The third-order valence-corrected chi connectivity index (χ3v) is 8.30. The molecule has 0 bridgehead atoms. The topological polar surface area (TPSA) is 138 Å². The van der Waals surface area contributed by atoms with Crippen molar-refractivity contribution in [2.45, 2.75) is 65.5 Å². The molecule has 1 rings (SSSR count). The largest absolute Gasteiger partial charge is 0.500 e. The summed E-state index contributed by atoms with van der Waals surface area (Å²) in [5.41, 5.74) is -1.12. The van der Waals surface area contributed by atoms with Crippen LogP contribution >= 0.6 is 0 Å². The van der Waals surface area contributed by atoms with Crippen LogP contribution in [0.4, 0.5) is 0 Å². The molecule has 0 aromatic heterocycles. The molecule has 1 aromatic carbocycles. The standard InChI is InChI=1S/C25H40O10Si/c1-6-33-36(34-7-2,35-8-3)17-9-10-20(18-22(26)27)24(29)32-16-15-31-21-13-11-19(12-14-21)23(28)25(4,5)30/h11-14,20,30H,6-10,15-18H2,1-5H3,(H,26,27). The van der Waals surface area contributed by atoms with Crippen LogP contribution < -0.4 is 4.74 Å². The Hall–Kier alpha value is -2.31. The zero-order valence-electron chi connectivity index (χ0n) is 21.9. The van der Waals surface area contributed by atoms with E-state index < -0.39 is 38.0 Å². The van der Waals surface area contributed by atoms with Crippen molar-refractivity contribution < 1.29 is 47.3 Å². The predicted octanol–water partition coefficient (Wildman–Crippen LogP) is 3.48. The van der Waals surface area contributed by atoms with E-state index in [1.807, 2.05) is 20.8 Å². The summed E-state index contributed by atoms with van der Waals surface area (Å²) >= 11 is 0. The molecule has 0 fully saturated rings. The number of hydrogen-bond donors (Lipinski definition) is 2. The molecule has 1 aromatic rings. The number of carbonyl (C=O) groups is 3. The number of carboxylic acid groups (broad SMARTS) is 1. The third-order valence-electron chi connectivity index (χ3n) is 5.15. The van der Waals surface area contributed by atoms with Gasteiger partial charge in [0.05, 0.1) is 12.3 Å². The van der Waals surface area contributed by atoms with Crippen molar-refractivity contribution in [2.24, 2.45) is 5.92 Å². The van der Waals surface area contributed by atoms with Gasteiger partial charge in [-0.25, -0.2) is 0 Å². The lowest BCUT2D eigenvalue weighted by Crippen LogP contribution is -2.46. The SMILES string of the molecule is CCO[Si](CCCC(CC(=O)O)C(=O)OCCOc1ccc(C(=O)C(C)(C)O)cc1)(OCC)OCC. The highest BCUT2D eigenvalue weighted by molar-refractivity contribution is 6.60. The number of ketones is 1. The summed E-state index contributed by atoms with van der Waals surface area (Å²) in [5, 5.41) is 19.1. The first kappa shape index (κ1) is 31.7. The summed E-state index contributed by atoms with van der Waals surface area (Å²) in [4.78, 5) is 35.9. The molecular weight excluding hydrogens is 488 g/mol. The number of aliphatic hydroxyl groups is 1. The summed E-state index contributed by atoms with van der Waals surface area (Å²) in [5.74, 6) is -2.45. The first-order chi connectivity index (χ1) is 17.0. The molecule has 0 amide bonds. The van der Waals surface area contributed by atoms with Crippen molar-refractivity contribution in [3.63, 3.8) is 0 Å². The Labute approximate surface area is 214 Å². The van der Waals surface area contributed by atoms with Gasteiger partial charge >= 0.3 is 20.7 Å². The second-order valence-corrected chi connectivity index (χ2v) is 11.3. The van der Waals surface area contributed by atoms with Crippen LogP contribution in [0.25, 0.3) is 0 Å². The van der Waals surface area contributed by atoms with E-state index in [4.69, 9.17) is 22.8 Å². The molecule has 1 unspecified atom stereocenters. The maximum Gasteiger partial charge on any atom is 0.500 e. The smallest absolute Gasteiger partial charge is 0.490 e. The molecule has 0 aliphatic carbocycles. The van der Waals surface area contributed by atoms with Crippen molar-refractivity contribution in [2.75, 3.05) is 33.0 Å². The number of ether oxygens (including phenoxy) is 2. The van der Waals surface area contributed by atoms with Crippen molar-refractivity contribution in [3.05, 3.63) is 29.8 Å².